The fourth-order valence-electron chi connectivity index (χ4n) is 2.81. The summed E-state index contributed by atoms with van der Waals surface area (Å²) in [4.78, 5) is 10.9. The Hall–Kier alpha value is -1.94. The highest BCUT2D eigenvalue weighted by atomic mass is 15.1. The maximum Gasteiger partial charge on any atom is 0.0523 e. The first-order valence-electron chi connectivity index (χ1n) is 7.23. The largest absolute Gasteiger partial charge is 0.339 e. The van der Waals surface area contributed by atoms with Crippen LogP contribution in [0, 0.1) is 0 Å². The van der Waals surface area contributed by atoms with Crippen LogP contribution in [0.1, 0.15) is 13.8 Å². The van der Waals surface area contributed by atoms with E-state index < -0.39 is 0 Å². The molecule has 0 radical (unpaired) electrons. The van der Waals surface area contributed by atoms with E-state index in [1.54, 1.807) is 0 Å². The summed E-state index contributed by atoms with van der Waals surface area (Å²) in [6.45, 7) is 8.67. The predicted octanol–water partition coefficient (Wildman–Crippen LogP) is 2.93. The molecule has 0 atom stereocenters. The van der Waals surface area contributed by atoms with E-state index in [4.69, 9.17) is 0 Å². The average molecular weight is 268 g/mol. The normalized spacial score (nSPS) is 11.8. The van der Waals surface area contributed by atoms with E-state index in [1.165, 1.54) is 21.8 Å². The molecular formula is C16H20N4. The zero-order valence-electron chi connectivity index (χ0n) is 12.1. The van der Waals surface area contributed by atoms with Gasteiger partial charge in [0.2, 0.25) is 0 Å². The zero-order valence-corrected chi connectivity index (χ0v) is 12.1. The van der Waals surface area contributed by atoms with Gasteiger partial charge in [-0.2, -0.15) is 0 Å². The Morgan fingerprint density at radius 3 is 2.00 bits per heavy atom. The topological polar surface area (TPSA) is 34.0 Å². The van der Waals surface area contributed by atoms with Gasteiger partial charge in [0.25, 0.3) is 0 Å². The minimum absolute atomic E-state index is 0.996. The monoisotopic (exact) mass is 268 g/mol. The highest BCUT2D eigenvalue weighted by Gasteiger charge is 2.10. The van der Waals surface area contributed by atoms with Gasteiger partial charge in [-0.3, -0.25) is 9.97 Å². The minimum atomic E-state index is 0.996. The maximum atomic E-state index is 4.25. The lowest BCUT2D eigenvalue weighted by molar-refractivity contribution is 0.293. The smallest absolute Gasteiger partial charge is 0.0523 e. The summed E-state index contributed by atoms with van der Waals surface area (Å²) in [6, 6.07) is 4.19. The van der Waals surface area contributed by atoms with Crippen molar-refractivity contribution in [2.45, 2.75) is 20.4 Å². The second-order valence-electron chi connectivity index (χ2n) is 4.96. The standard InChI is InChI=1S/C16H20N4/c1-3-19(4-2)9-10-20-15-5-7-17-11-13(15)14-12-18-8-6-16(14)20/h5-8,11-12H,3-4,9-10H2,1-2H3. The van der Waals surface area contributed by atoms with Crippen molar-refractivity contribution in [2.75, 3.05) is 19.6 Å². The van der Waals surface area contributed by atoms with Gasteiger partial charge in [-0.25, -0.2) is 0 Å². The molecule has 3 heterocycles. The number of rotatable bonds is 5. The van der Waals surface area contributed by atoms with Crippen LogP contribution in [0.3, 0.4) is 0 Å². The summed E-state index contributed by atoms with van der Waals surface area (Å²) >= 11 is 0. The zero-order chi connectivity index (χ0) is 13.9. The summed E-state index contributed by atoms with van der Waals surface area (Å²) in [5.41, 5.74) is 2.49. The molecule has 0 N–H and O–H groups in total. The van der Waals surface area contributed by atoms with Crippen LogP contribution in [0.25, 0.3) is 21.8 Å². The first-order valence-corrected chi connectivity index (χ1v) is 7.23. The molecule has 104 valence electrons. The molecule has 0 aliphatic heterocycles. The summed E-state index contributed by atoms with van der Waals surface area (Å²) in [5.74, 6) is 0. The van der Waals surface area contributed by atoms with Crippen LogP contribution in [-0.4, -0.2) is 39.1 Å². The van der Waals surface area contributed by atoms with Crippen molar-refractivity contribution < 1.29 is 0 Å². The summed E-state index contributed by atoms with van der Waals surface area (Å²) < 4.78 is 2.38. The Labute approximate surface area is 119 Å². The highest BCUT2D eigenvalue weighted by molar-refractivity contribution is 6.07. The maximum absolute atomic E-state index is 4.25. The van der Waals surface area contributed by atoms with E-state index in [0.29, 0.717) is 0 Å². The molecule has 0 saturated heterocycles. The van der Waals surface area contributed by atoms with Crippen molar-refractivity contribution in [1.82, 2.24) is 19.4 Å². The predicted molar refractivity (Wildman–Crippen MR) is 82.8 cm³/mol. The number of aromatic nitrogens is 3. The van der Waals surface area contributed by atoms with Gasteiger partial charge < -0.3 is 9.47 Å². The number of hydrogen-bond donors (Lipinski definition) is 0. The molecule has 0 spiro atoms. The molecule has 0 aliphatic carbocycles. The van der Waals surface area contributed by atoms with Crippen LogP contribution in [0.2, 0.25) is 0 Å². The van der Waals surface area contributed by atoms with Crippen molar-refractivity contribution in [3.8, 4) is 0 Å². The molecule has 0 aromatic carbocycles. The van der Waals surface area contributed by atoms with Crippen LogP contribution < -0.4 is 0 Å². The lowest BCUT2D eigenvalue weighted by Gasteiger charge is -2.19. The molecule has 0 aliphatic rings. The third-order valence-electron chi connectivity index (χ3n) is 4.00. The van der Waals surface area contributed by atoms with Crippen LogP contribution >= 0.6 is 0 Å². The van der Waals surface area contributed by atoms with Crippen molar-refractivity contribution in [3.05, 3.63) is 36.9 Å². The van der Waals surface area contributed by atoms with Crippen molar-refractivity contribution in [1.29, 1.82) is 0 Å². The molecule has 0 amide bonds. The molecule has 20 heavy (non-hydrogen) atoms. The second kappa shape index (κ2) is 5.59. The number of likely N-dealkylation sites (N-methyl/N-ethyl adjacent to an activating group) is 1. The number of fused-ring (bicyclic) bond motifs is 3. The minimum Gasteiger partial charge on any atom is -0.339 e. The molecule has 0 bridgehead atoms. The molecular weight excluding hydrogens is 248 g/mol. The third-order valence-corrected chi connectivity index (χ3v) is 4.00. The van der Waals surface area contributed by atoms with Gasteiger partial charge in [0.15, 0.2) is 0 Å². The summed E-state index contributed by atoms with van der Waals surface area (Å²) in [7, 11) is 0. The molecule has 0 fully saturated rings. The van der Waals surface area contributed by atoms with E-state index >= 15 is 0 Å². The Bertz CT molecular complexity index is 659. The van der Waals surface area contributed by atoms with Gasteiger partial charge in [0.1, 0.15) is 0 Å². The molecule has 0 saturated carbocycles. The molecule has 3 aromatic rings. The van der Waals surface area contributed by atoms with E-state index in [9.17, 15) is 0 Å². The van der Waals surface area contributed by atoms with Crippen molar-refractivity contribution in [2.24, 2.45) is 0 Å². The Balaban J connectivity index is 2.07. The Morgan fingerprint density at radius 2 is 1.50 bits per heavy atom. The Morgan fingerprint density at radius 1 is 0.950 bits per heavy atom. The van der Waals surface area contributed by atoms with Crippen molar-refractivity contribution >= 4 is 21.8 Å². The van der Waals surface area contributed by atoms with Crippen molar-refractivity contribution in [3.63, 3.8) is 0 Å². The lowest BCUT2D eigenvalue weighted by atomic mass is 10.2. The molecule has 4 nitrogen and oxygen atoms in total. The molecule has 3 rings (SSSR count). The summed E-state index contributed by atoms with van der Waals surface area (Å²) in [6.07, 6.45) is 7.60. The lowest BCUT2D eigenvalue weighted by Crippen LogP contribution is -2.26. The van der Waals surface area contributed by atoms with Gasteiger partial charge >= 0.3 is 0 Å². The quantitative estimate of drug-likeness (QED) is 0.713. The van der Waals surface area contributed by atoms with Crippen LogP contribution in [0.5, 0.6) is 0 Å². The van der Waals surface area contributed by atoms with Gasteiger partial charge in [-0.15, -0.1) is 0 Å². The van der Waals surface area contributed by atoms with Crippen LogP contribution in [0.4, 0.5) is 0 Å². The second-order valence-corrected chi connectivity index (χ2v) is 4.96. The van der Waals surface area contributed by atoms with Crippen LogP contribution in [-0.2, 0) is 6.54 Å². The van der Waals surface area contributed by atoms with Crippen LogP contribution in [0.15, 0.2) is 36.9 Å². The molecule has 4 heteroatoms. The van der Waals surface area contributed by atoms with Gasteiger partial charge in [0.05, 0.1) is 11.0 Å². The van der Waals surface area contributed by atoms with Gasteiger partial charge in [-0.1, -0.05) is 13.8 Å². The third kappa shape index (κ3) is 2.16. The summed E-state index contributed by atoms with van der Waals surface area (Å²) in [5, 5.41) is 2.38. The van der Waals surface area contributed by atoms with Gasteiger partial charge in [-0.05, 0) is 25.2 Å². The number of nitrogens with zero attached hydrogens (tertiary/aromatic N) is 4. The van der Waals surface area contributed by atoms with E-state index in [1.807, 2.05) is 24.8 Å². The Kier molecular flexibility index (Phi) is 3.65. The van der Waals surface area contributed by atoms with Gasteiger partial charge in [0, 0.05) is 48.6 Å². The van der Waals surface area contributed by atoms with E-state index in [0.717, 1.165) is 26.2 Å². The first kappa shape index (κ1) is 13.1. The fourth-order valence-corrected chi connectivity index (χ4v) is 2.81. The fraction of sp³-hybridized carbons (Fsp3) is 0.375. The van der Waals surface area contributed by atoms with E-state index in [2.05, 4.69) is 45.4 Å². The number of pyridine rings is 2. The first-order chi connectivity index (χ1) is 9.85. The molecule has 0 unspecified atom stereocenters. The average Bonchev–Trinajstić information content (AvgIpc) is 2.83. The highest BCUT2D eigenvalue weighted by Crippen LogP contribution is 2.27. The number of hydrogen-bond acceptors (Lipinski definition) is 3. The molecule has 3 aromatic heterocycles. The SMILES string of the molecule is CCN(CC)CCn1c2ccncc2c2cnccc21. The van der Waals surface area contributed by atoms with E-state index in [-0.39, 0.29) is 0 Å².